The van der Waals surface area contributed by atoms with E-state index in [1.807, 2.05) is 57.2 Å². The Morgan fingerprint density at radius 2 is 1.71 bits per heavy atom. The quantitative estimate of drug-likeness (QED) is 0.560. The molecule has 1 heterocycles. The van der Waals surface area contributed by atoms with Crippen LogP contribution in [0.3, 0.4) is 0 Å². The van der Waals surface area contributed by atoms with E-state index >= 15 is 0 Å². The van der Waals surface area contributed by atoms with Crippen LogP contribution in [0.1, 0.15) is 40.5 Å². The van der Waals surface area contributed by atoms with Gasteiger partial charge in [-0.15, -0.1) is 0 Å². The molecule has 0 fully saturated rings. The molecule has 0 saturated carbocycles. The van der Waals surface area contributed by atoms with E-state index in [0.717, 1.165) is 35.0 Å². The molecular formula is C22H24ClN3O2. The van der Waals surface area contributed by atoms with Gasteiger partial charge in [0.1, 0.15) is 0 Å². The van der Waals surface area contributed by atoms with Gasteiger partial charge in [-0.25, -0.2) is 14.8 Å². The molecule has 0 spiro atoms. The number of nitrogens with one attached hydrogen (secondary N) is 1. The molecule has 5 nitrogen and oxygen atoms in total. The van der Waals surface area contributed by atoms with Gasteiger partial charge in [-0.3, -0.25) is 0 Å². The Balaban J connectivity index is 1.87. The van der Waals surface area contributed by atoms with Crippen LogP contribution in [-0.2, 0) is 11.2 Å². The Morgan fingerprint density at radius 1 is 1.07 bits per heavy atom. The third-order valence-electron chi connectivity index (χ3n) is 4.53. The van der Waals surface area contributed by atoms with Crippen LogP contribution >= 0.6 is 11.6 Å². The van der Waals surface area contributed by atoms with Crippen LogP contribution in [0.15, 0.2) is 36.4 Å². The first-order chi connectivity index (χ1) is 13.5. The molecular weight excluding hydrogens is 374 g/mol. The van der Waals surface area contributed by atoms with Crippen LogP contribution in [0.2, 0.25) is 5.02 Å². The summed E-state index contributed by atoms with van der Waals surface area (Å²) in [6.45, 7) is 6.98. The van der Waals surface area contributed by atoms with Crippen molar-refractivity contribution in [2.75, 3.05) is 18.5 Å². The van der Waals surface area contributed by atoms with Gasteiger partial charge < -0.3 is 10.1 Å². The van der Waals surface area contributed by atoms with E-state index in [0.29, 0.717) is 29.5 Å². The number of fused-ring (bicyclic) bond motifs is 1. The molecule has 3 aromatic rings. The van der Waals surface area contributed by atoms with E-state index in [4.69, 9.17) is 16.3 Å². The second kappa shape index (κ2) is 9.02. The van der Waals surface area contributed by atoms with Crippen LogP contribution < -0.4 is 5.32 Å². The lowest BCUT2D eigenvalue weighted by atomic mass is 10.1. The van der Waals surface area contributed by atoms with Crippen molar-refractivity contribution < 1.29 is 9.53 Å². The summed E-state index contributed by atoms with van der Waals surface area (Å²) in [5, 5.41) is 3.96. The largest absolute Gasteiger partial charge is 0.461 e. The van der Waals surface area contributed by atoms with Crippen molar-refractivity contribution in [1.29, 1.82) is 0 Å². The van der Waals surface area contributed by atoms with Crippen molar-refractivity contribution in [3.05, 3.63) is 63.8 Å². The molecule has 28 heavy (non-hydrogen) atoms. The zero-order valence-electron chi connectivity index (χ0n) is 16.4. The molecule has 2 aromatic carbocycles. The predicted octanol–water partition coefficient (Wildman–Crippen LogP) is 5.12. The molecule has 3 rings (SSSR count). The van der Waals surface area contributed by atoms with Crippen molar-refractivity contribution >= 4 is 34.4 Å². The SMILES string of the molecule is CCCOC(=O)c1nc2cc(C)c(C)cc2nc1NCCc1ccc(Cl)cc1. The van der Waals surface area contributed by atoms with Gasteiger partial charge in [0.05, 0.1) is 17.6 Å². The molecule has 1 aromatic heterocycles. The summed E-state index contributed by atoms with van der Waals surface area (Å²) in [5.41, 5.74) is 5.06. The first-order valence-electron chi connectivity index (χ1n) is 9.42. The van der Waals surface area contributed by atoms with Crippen LogP contribution in [0.25, 0.3) is 11.0 Å². The second-order valence-electron chi connectivity index (χ2n) is 6.79. The zero-order valence-corrected chi connectivity index (χ0v) is 17.1. The summed E-state index contributed by atoms with van der Waals surface area (Å²) in [7, 11) is 0. The van der Waals surface area contributed by atoms with Crippen LogP contribution in [0, 0.1) is 13.8 Å². The maximum atomic E-state index is 12.5. The van der Waals surface area contributed by atoms with E-state index in [1.165, 1.54) is 0 Å². The minimum atomic E-state index is -0.455. The lowest BCUT2D eigenvalue weighted by Gasteiger charge is -2.12. The Hall–Kier alpha value is -2.66. The van der Waals surface area contributed by atoms with Crippen LogP contribution in [0.5, 0.6) is 0 Å². The third-order valence-corrected chi connectivity index (χ3v) is 4.78. The number of hydrogen-bond donors (Lipinski definition) is 1. The molecule has 0 amide bonds. The summed E-state index contributed by atoms with van der Waals surface area (Å²) in [6.07, 6.45) is 1.53. The number of aromatic nitrogens is 2. The van der Waals surface area contributed by atoms with E-state index in [-0.39, 0.29) is 5.69 Å². The molecule has 6 heteroatoms. The van der Waals surface area contributed by atoms with Crippen molar-refractivity contribution in [2.24, 2.45) is 0 Å². The van der Waals surface area contributed by atoms with E-state index in [1.54, 1.807) is 0 Å². The number of anilines is 1. The summed E-state index contributed by atoms with van der Waals surface area (Å²) in [5.74, 6) is -0.00529. The first kappa shape index (κ1) is 20.1. The number of aryl methyl sites for hydroxylation is 2. The minimum Gasteiger partial charge on any atom is -0.461 e. The molecule has 0 aliphatic carbocycles. The lowest BCUT2D eigenvalue weighted by Crippen LogP contribution is -2.16. The number of nitrogens with zero attached hydrogens (tertiary/aromatic N) is 2. The second-order valence-corrected chi connectivity index (χ2v) is 7.22. The Labute approximate surface area is 170 Å². The van der Waals surface area contributed by atoms with Crippen molar-refractivity contribution in [3.63, 3.8) is 0 Å². The van der Waals surface area contributed by atoms with Gasteiger partial charge in [0.15, 0.2) is 11.5 Å². The topological polar surface area (TPSA) is 64.1 Å². The van der Waals surface area contributed by atoms with Gasteiger partial charge in [0.2, 0.25) is 0 Å². The highest BCUT2D eigenvalue weighted by Gasteiger charge is 2.18. The van der Waals surface area contributed by atoms with Crippen molar-refractivity contribution in [1.82, 2.24) is 9.97 Å². The molecule has 0 aliphatic heterocycles. The molecule has 0 atom stereocenters. The molecule has 0 radical (unpaired) electrons. The van der Waals surface area contributed by atoms with Gasteiger partial charge in [0.25, 0.3) is 0 Å². The predicted molar refractivity (Wildman–Crippen MR) is 113 cm³/mol. The van der Waals surface area contributed by atoms with Gasteiger partial charge in [-0.2, -0.15) is 0 Å². The summed E-state index contributed by atoms with van der Waals surface area (Å²) < 4.78 is 5.30. The number of esters is 1. The summed E-state index contributed by atoms with van der Waals surface area (Å²) in [4.78, 5) is 21.7. The average Bonchev–Trinajstić information content (AvgIpc) is 2.68. The molecule has 0 saturated heterocycles. The molecule has 1 N–H and O–H groups in total. The monoisotopic (exact) mass is 397 g/mol. The Kier molecular flexibility index (Phi) is 6.47. The van der Waals surface area contributed by atoms with Crippen molar-refractivity contribution in [2.45, 2.75) is 33.6 Å². The van der Waals surface area contributed by atoms with Crippen molar-refractivity contribution in [3.8, 4) is 0 Å². The number of halogens is 1. The Morgan fingerprint density at radius 3 is 2.36 bits per heavy atom. The molecule has 0 bridgehead atoms. The maximum Gasteiger partial charge on any atom is 0.360 e. The number of rotatable bonds is 7. The third kappa shape index (κ3) is 4.78. The fraction of sp³-hybridized carbons (Fsp3) is 0.318. The highest BCUT2D eigenvalue weighted by Crippen LogP contribution is 2.21. The summed E-state index contributed by atoms with van der Waals surface area (Å²) >= 11 is 5.93. The van der Waals surface area contributed by atoms with Gasteiger partial charge in [-0.05, 0) is 67.6 Å². The standard InChI is InChI=1S/C22H24ClN3O2/c1-4-11-28-22(27)20-21(24-10-9-16-5-7-17(23)8-6-16)26-19-13-15(3)14(2)12-18(19)25-20/h5-8,12-13H,4,9-11H2,1-3H3,(H,24,26). The zero-order chi connectivity index (χ0) is 20.1. The van der Waals surface area contributed by atoms with Gasteiger partial charge in [0, 0.05) is 11.6 Å². The van der Waals surface area contributed by atoms with Crippen LogP contribution in [0.4, 0.5) is 5.82 Å². The van der Waals surface area contributed by atoms with E-state index < -0.39 is 5.97 Å². The van der Waals surface area contributed by atoms with Gasteiger partial charge >= 0.3 is 5.97 Å². The normalized spacial score (nSPS) is 10.9. The number of ether oxygens (including phenoxy) is 1. The molecule has 0 aliphatic rings. The number of carbonyl (C=O) groups is 1. The van der Waals surface area contributed by atoms with E-state index in [9.17, 15) is 4.79 Å². The summed E-state index contributed by atoms with van der Waals surface area (Å²) in [6, 6.07) is 11.6. The number of benzene rings is 2. The van der Waals surface area contributed by atoms with Gasteiger partial charge in [-0.1, -0.05) is 30.7 Å². The number of carbonyl (C=O) groups excluding carboxylic acids is 1. The van der Waals surface area contributed by atoms with E-state index in [2.05, 4.69) is 15.3 Å². The molecule has 146 valence electrons. The smallest absolute Gasteiger partial charge is 0.360 e. The molecule has 0 unspecified atom stereocenters. The number of hydrogen-bond acceptors (Lipinski definition) is 5. The minimum absolute atomic E-state index is 0.223. The average molecular weight is 398 g/mol. The fourth-order valence-corrected chi connectivity index (χ4v) is 2.94. The Bertz CT molecular complexity index is 987. The maximum absolute atomic E-state index is 12.5. The fourth-order valence-electron chi connectivity index (χ4n) is 2.82. The first-order valence-corrected chi connectivity index (χ1v) is 9.80. The van der Waals surface area contributed by atoms with Crippen LogP contribution in [-0.4, -0.2) is 29.1 Å². The highest BCUT2D eigenvalue weighted by atomic mass is 35.5. The lowest BCUT2D eigenvalue weighted by molar-refractivity contribution is 0.0499. The highest BCUT2D eigenvalue weighted by molar-refractivity contribution is 6.30.